The molecule has 0 fully saturated rings. The highest BCUT2D eigenvalue weighted by atomic mass is 16.5. The van der Waals surface area contributed by atoms with Gasteiger partial charge in [0.2, 0.25) is 5.91 Å². The maximum atomic E-state index is 11.9. The molecule has 0 saturated carbocycles. The molecule has 1 aromatic carbocycles. The minimum absolute atomic E-state index is 0.0749. The Morgan fingerprint density at radius 2 is 1.90 bits per heavy atom. The Balaban J connectivity index is 2.64. The number of benzene rings is 1. The summed E-state index contributed by atoms with van der Waals surface area (Å²) >= 11 is 0. The zero-order valence-electron chi connectivity index (χ0n) is 12.7. The average Bonchev–Trinajstić information content (AvgIpc) is 2.48. The molecule has 0 radical (unpaired) electrons. The van der Waals surface area contributed by atoms with Gasteiger partial charge in [0, 0.05) is 6.54 Å². The number of ether oxygens (including phenoxy) is 1. The van der Waals surface area contributed by atoms with Crippen LogP contribution >= 0.6 is 0 Å². The summed E-state index contributed by atoms with van der Waals surface area (Å²) in [7, 11) is 0. The van der Waals surface area contributed by atoms with Gasteiger partial charge in [-0.2, -0.15) is 0 Å². The summed E-state index contributed by atoms with van der Waals surface area (Å²) in [6, 6.07) is 9.04. The lowest BCUT2D eigenvalue weighted by molar-refractivity contribution is -0.121. The van der Waals surface area contributed by atoms with Crippen LogP contribution < -0.4 is 10.6 Å². The second-order valence-electron chi connectivity index (χ2n) is 4.74. The second-order valence-corrected chi connectivity index (χ2v) is 4.74. The molecule has 1 aromatic rings. The van der Waals surface area contributed by atoms with Crippen molar-refractivity contribution in [2.75, 3.05) is 13.2 Å². The van der Waals surface area contributed by atoms with Crippen molar-refractivity contribution < 1.29 is 14.3 Å². The maximum Gasteiger partial charge on any atom is 0.407 e. The topological polar surface area (TPSA) is 67.4 Å². The molecule has 21 heavy (non-hydrogen) atoms. The predicted molar refractivity (Wildman–Crippen MR) is 81.9 cm³/mol. The lowest BCUT2D eigenvalue weighted by atomic mass is 10.0. The third-order valence-corrected chi connectivity index (χ3v) is 3.01. The number of hydrogen-bond acceptors (Lipinski definition) is 3. The van der Waals surface area contributed by atoms with E-state index < -0.39 is 6.09 Å². The van der Waals surface area contributed by atoms with E-state index in [1.165, 1.54) is 0 Å². The zero-order chi connectivity index (χ0) is 15.5. The lowest BCUT2D eigenvalue weighted by Gasteiger charge is -2.18. The van der Waals surface area contributed by atoms with Gasteiger partial charge in [0.25, 0.3) is 0 Å². The van der Waals surface area contributed by atoms with Gasteiger partial charge in [0.1, 0.15) is 0 Å². The smallest absolute Gasteiger partial charge is 0.407 e. The Kier molecular flexibility index (Phi) is 7.94. The van der Waals surface area contributed by atoms with E-state index in [9.17, 15) is 9.59 Å². The molecule has 0 aliphatic heterocycles. The monoisotopic (exact) mass is 292 g/mol. The number of rotatable bonds is 8. The van der Waals surface area contributed by atoms with Gasteiger partial charge in [-0.05, 0) is 18.9 Å². The molecule has 0 heterocycles. The summed E-state index contributed by atoms with van der Waals surface area (Å²) in [4.78, 5) is 23.5. The van der Waals surface area contributed by atoms with Crippen LogP contribution in [0.5, 0.6) is 0 Å². The third-order valence-electron chi connectivity index (χ3n) is 3.01. The van der Waals surface area contributed by atoms with Crippen LogP contribution in [-0.2, 0) is 9.53 Å². The molecule has 0 aliphatic carbocycles. The molecule has 0 bridgehead atoms. The first kappa shape index (κ1) is 17.0. The summed E-state index contributed by atoms with van der Waals surface area (Å²) in [5.41, 5.74) is 0.885. The van der Waals surface area contributed by atoms with E-state index in [2.05, 4.69) is 17.6 Å². The molecule has 2 amide bonds. The first-order valence-electron chi connectivity index (χ1n) is 7.42. The molecule has 1 atom stereocenters. The quantitative estimate of drug-likeness (QED) is 0.724. The van der Waals surface area contributed by atoms with Crippen molar-refractivity contribution in [3.63, 3.8) is 0 Å². The van der Waals surface area contributed by atoms with Crippen LogP contribution in [0, 0.1) is 0 Å². The van der Waals surface area contributed by atoms with Crippen LogP contribution in [0.25, 0.3) is 0 Å². The molecule has 0 aliphatic rings. The molecule has 2 N–H and O–H groups in total. The van der Waals surface area contributed by atoms with E-state index in [1.54, 1.807) is 6.92 Å². The Bertz CT molecular complexity index is 434. The number of carbonyl (C=O) groups is 2. The van der Waals surface area contributed by atoms with Gasteiger partial charge in [-0.15, -0.1) is 0 Å². The van der Waals surface area contributed by atoms with Crippen LogP contribution in [0.15, 0.2) is 30.3 Å². The molecule has 5 nitrogen and oxygen atoms in total. The molecule has 0 saturated heterocycles. The number of unbranched alkanes of at least 4 members (excludes halogenated alkanes) is 1. The van der Waals surface area contributed by atoms with Crippen molar-refractivity contribution in [2.45, 2.75) is 39.2 Å². The molecule has 1 rings (SSSR count). The van der Waals surface area contributed by atoms with Crippen LogP contribution in [0.4, 0.5) is 4.79 Å². The number of hydrogen-bond donors (Lipinski definition) is 2. The van der Waals surface area contributed by atoms with Crippen LogP contribution in [0.1, 0.15) is 44.7 Å². The van der Waals surface area contributed by atoms with E-state index in [0.29, 0.717) is 13.2 Å². The Morgan fingerprint density at radius 1 is 1.19 bits per heavy atom. The summed E-state index contributed by atoms with van der Waals surface area (Å²) in [6.07, 6.45) is 1.68. The second kappa shape index (κ2) is 9.80. The van der Waals surface area contributed by atoms with Gasteiger partial charge in [-0.3, -0.25) is 4.79 Å². The van der Waals surface area contributed by atoms with E-state index in [4.69, 9.17) is 4.74 Å². The van der Waals surface area contributed by atoms with Crippen molar-refractivity contribution in [1.29, 1.82) is 0 Å². The highest BCUT2D eigenvalue weighted by Crippen LogP contribution is 2.16. The fraction of sp³-hybridized carbons (Fsp3) is 0.500. The molecule has 116 valence electrons. The van der Waals surface area contributed by atoms with Gasteiger partial charge in [0.05, 0.1) is 19.1 Å². The van der Waals surface area contributed by atoms with Crippen molar-refractivity contribution in [3.8, 4) is 0 Å². The van der Waals surface area contributed by atoms with E-state index in [-0.39, 0.29) is 18.4 Å². The summed E-state index contributed by atoms with van der Waals surface area (Å²) in [5.74, 6) is -0.0749. The molecular formula is C16H24N2O3. The minimum atomic E-state index is -0.507. The van der Waals surface area contributed by atoms with Crippen molar-refractivity contribution >= 4 is 12.0 Å². The summed E-state index contributed by atoms with van der Waals surface area (Å²) in [5, 5.41) is 5.59. The van der Waals surface area contributed by atoms with Gasteiger partial charge in [-0.25, -0.2) is 4.79 Å². The highest BCUT2D eigenvalue weighted by Gasteiger charge is 2.18. The fourth-order valence-corrected chi connectivity index (χ4v) is 1.91. The first-order chi connectivity index (χ1) is 10.2. The normalized spacial score (nSPS) is 11.5. The number of amides is 2. The van der Waals surface area contributed by atoms with Gasteiger partial charge >= 0.3 is 6.09 Å². The van der Waals surface area contributed by atoms with Crippen LogP contribution in [-0.4, -0.2) is 25.2 Å². The molecule has 5 heteroatoms. The Labute approximate surface area is 126 Å². The Morgan fingerprint density at radius 3 is 2.52 bits per heavy atom. The third kappa shape index (κ3) is 6.79. The van der Waals surface area contributed by atoms with Gasteiger partial charge in [0.15, 0.2) is 0 Å². The van der Waals surface area contributed by atoms with Gasteiger partial charge < -0.3 is 15.4 Å². The van der Waals surface area contributed by atoms with Crippen molar-refractivity contribution in [2.24, 2.45) is 0 Å². The van der Waals surface area contributed by atoms with Crippen molar-refractivity contribution in [1.82, 2.24) is 10.6 Å². The first-order valence-corrected chi connectivity index (χ1v) is 7.42. The SMILES string of the molecule is CCCCNC(=O)C[C@@H](NC(=O)OCC)c1ccccc1. The molecule has 0 unspecified atom stereocenters. The largest absolute Gasteiger partial charge is 0.450 e. The standard InChI is InChI=1S/C16H24N2O3/c1-3-5-11-17-15(19)12-14(18-16(20)21-4-2)13-9-7-6-8-10-13/h6-10,14H,3-5,11-12H2,1-2H3,(H,17,19)(H,18,20)/t14-/m1/s1. The number of carbonyl (C=O) groups excluding carboxylic acids is 2. The predicted octanol–water partition coefficient (Wildman–Crippen LogP) is 2.78. The molecular weight excluding hydrogens is 268 g/mol. The minimum Gasteiger partial charge on any atom is -0.450 e. The Hall–Kier alpha value is -2.04. The average molecular weight is 292 g/mol. The lowest BCUT2D eigenvalue weighted by Crippen LogP contribution is -2.34. The molecule has 0 aromatic heterocycles. The van der Waals surface area contributed by atoms with E-state index in [0.717, 1.165) is 18.4 Å². The number of alkyl carbamates (subject to hydrolysis) is 1. The molecule has 0 spiro atoms. The van der Waals surface area contributed by atoms with Crippen LogP contribution in [0.3, 0.4) is 0 Å². The van der Waals surface area contributed by atoms with E-state index in [1.807, 2.05) is 30.3 Å². The fourth-order valence-electron chi connectivity index (χ4n) is 1.91. The highest BCUT2D eigenvalue weighted by molar-refractivity contribution is 5.78. The van der Waals surface area contributed by atoms with Crippen LogP contribution in [0.2, 0.25) is 0 Å². The summed E-state index contributed by atoms with van der Waals surface area (Å²) in [6.45, 7) is 4.78. The van der Waals surface area contributed by atoms with E-state index >= 15 is 0 Å². The number of nitrogens with one attached hydrogen (secondary N) is 2. The zero-order valence-corrected chi connectivity index (χ0v) is 12.7. The maximum absolute atomic E-state index is 11.9. The summed E-state index contributed by atoms with van der Waals surface area (Å²) < 4.78 is 4.89. The van der Waals surface area contributed by atoms with Crippen molar-refractivity contribution in [3.05, 3.63) is 35.9 Å². The van der Waals surface area contributed by atoms with Gasteiger partial charge in [-0.1, -0.05) is 43.7 Å².